The lowest BCUT2D eigenvalue weighted by Gasteiger charge is -2.47. The maximum Gasteiger partial charge on any atom is 0.233 e. The molecule has 1 amide bonds. The predicted octanol–water partition coefficient (Wildman–Crippen LogP) is 6.06. The van der Waals surface area contributed by atoms with E-state index < -0.39 is 0 Å². The molecule has 0 saturated carbocycles. The molecule has 3 aromatic rings. The van der Waals surface area contributed by atoms with Crippen molar-refractivity contribution in [3.8, 4) is 11.8 Å². The summed E-state index contributed by atoms with van der Waals surface area (Å²) in [6.45, 7) is 0. The van der Waals surface area contributed by atoms with Crippen molar-refractivity contribution in [2.24, 2.45) is 5.92 Å². The van der Waals surface area contributed by atoms with E-state index in [2.05, 4.69) is 34.1 Å². The molecular weight excluding hydrogens is 452 g/mol. The van der Waals surface area contributed by atoms with Gasteiger partial charge in [0.05, 0.1) is 30.7 Å². The van der Waals surface area contributed by atoms with Crippen LogP contribution < -0.4 is 9.64 Å². The zero-order valence-corrected chi connectivity index (χ0v) is 18.9. The molecular formula is C26H23BrN2O2. The number of hydrogen-bond donors (Lipinski definition) is 0. The zero-order valence-electron chi connectivity index (χ0n) is 17.3. The van der Waals surface area contributed by atoms with Crippen LogP contribution in [0.1, 0.15) is 35.6 Å². The summed E-state index contributed by atoms with van der Waals surface area (Å²) >= 11 is 3.52. The van der Waals surface area contributed by atoms with Crippen molar-refractivity contribution in [2.45, 2.75) is 25.3 Å². The molecule has 1 fully saturated rings. The van der Waals surface area contributed by atoms with E-state index in [9.17, 15) is 4.79 Å². The monoisotopic (exact) mass is 474 g/mol. The van der Waals surface area contributed by atoms with Crippen molar-refractivity contribution >= 4 is 27.5 Å². The van der Waals surface area contributed by atoms with Crippen molar-refractivity contribution in [3.63, 3.8) is 0 Å². The Labute approximate surface area is 191 Å². The van der Waals surface area contributed by atoms with Crippen LogP contribution in [0.5, 0.6) is 5.75 Å². The highest BCUT2D eigenvalue weighted by molar-refractivity contribution is 9.10. The molecule has 0 N–H and O–H groups in total. The van der Waals surface area contributed by atoms with Crippen molar-refractivity contribution in [1.82, 2.24) is 0 Å². The minimum Gasteiger partial charge on any atom is -0.497 e. The van der Waals surface area contributed by atoms with Crippen LogP contribution in [0.2, 0.25) is 0 Å². The van der Waals surface area contributed by atoms with Gasteiger partial charge in [-0.25, -0.2) is 0 Å². The highest BCUT2D eigenvalue weighted by Gasteiger charge is 2.48. The number of methoxy groups -OCH3 is 1. The van der Waals surface area contributed by atoms with Crippen LogP contribution in [-0.2, 0) is 11.2 Å². The molecule has 4 nitrogen and oxygen atoms in total. The number of amides is 1. The third kappa shape index (κ3) is 4.50. The smallest absolute Gasteiger partial charge is 0.233 e. The highest BCUT2D eigenvalue weighted by Crippen LogP contribution is 2.46. The number of ether oxygens (including phenoxy) is 1. The third-order valence-electron chi connectivity index (χ3n) is 5.82. The summed E-state index contributed by atoms with van der Waals surface area (Å²) in [5.74, 6) is 0.876. The molecule has 0 bridgehead atoms. The number of halogens is 1. The van der Waals surface area contributed by atoms with E-state index >= 15 is 0 Å². The molecule has 1 aliphatic rings. The Balaban J connectivity index is 1.54. The molecule has 0 aliphatic carbocycles. The van der Waals surface area contributed by atoms with Gasteiger partial charge in [0.1, 0.15) is 5.75 Å². The van der Waals surface area contributed by atoms with E-state index in [0.29, 0.717) is 5.56 Å². The maximum absolute atomic E-state index is 13.1. The van der Waals surface area contributed by atoms with Gasteiger partial charge in [-0.3, -0.25) is 4.79 Å². The first kappa shape index (κ1) is 21.1. The molecule has 2 atom stereocenters. The van der Waals surface area contributed by atoms with Crippen LogP contribution in [0.3, 0.4) is 0 Å². The lowest BCUT2D eigenvalue weighted by atomic mass is 9.78. The Hall–Kier alpha value is -3.10. The first-order valence-corrected chi connectivity index (χ1v) is 11.1. The van der Waals surface area contributed by atoms with Gasteiger partial charge in [0, 0.05) is 10.2 Å². The summed E-state index contributed by atoms with van der Waals surface area (Å²) in [5, 5.41) is 9.07. The number of carbonyl (C=O) groups excluding carboxylic acids is 1. The largest absolute Gasteiger partial charge is 0.497 e. The second kappa shape index (κ2) is 9.36. The maximum atomic E-state index is 13.1. The number of nitrogens with zero attached hydrogens (tertiary/aromatic N) is 2. The van der Waals surface area contributed by atoms with Gasteiger partial charge in [0.2, 0.25) is 5.91 Å². The minimum absolute atomic E-state index is 0.0196. The third-order valence-corrected chi connectivity index (χ3v) is 6.31. The van der Waals surface area contributed by atoms with Gasteiger partial charge in [0.15, 0.2) is 0 Å². The molecule has 1 aliphatic heterocycles. The van der Waals surface area contributed by atoms with Gasteiger partial charge in [-0.05, 0) is 78.9 Å². The standard InChI is InChI=1S/C26H23BrN2O2/c1-31-23-14-10-20(11-15-23)25-24(7-3-5-18-4-2-6-21(27)16-18)26(30)29(25)22-12-8-19(17-28)9-13-22/h2,4,6,8-16,24-25H,3,5,7H2,1H3. The van der Waals surface area contributed by atoms with Crippen molar-refractivity contribution in [3.05, 3.63) is 94.0 Å². The van der Waals surface area contributed by atoms with E-state index in [4.69, 9.17) is 10.00 Å². The molecule has 0 spiro atoms. The Morgan fingerprint density at radius 3 is 2.45 bits per heavy atom. The number of benzene rings is 3. The number of nitriles is 1. The average Bonchev–Trinajstić information content (AvgIpc) is 2.80. The number of carbonyl (C=O) groups is 1. The quantitative estimate of drug-likeness (QED) is 0.391. The molecule has 5 heteroatoms. The summed E-state index contributed by atoms with van der Waals surface area (Å²) < 4.78 is 6.37. The summed E-state index contributed by atoms with van der Waals surface area (Å²) in [7, 11) is 1.65. The van der Waals surface area contributed by atoms with Crippen LogP contribution in [-0.4, -0.2) is 13.0 Å². The molecule has 2 unspecified atom stereocenters. The van der Waals surface area contributed by atoms with Crippen molar-refractivity contribution in [1.29, 1.82) is 5.26 Å². The fourth-order valence-corrected chi connectivity index (χ4v) is 4.66. The van der Waals surface area contributed by atoms with Crippen LogP contribution in [0, 0.1) is 17.2 Å². The van der Waals surface area contributed by atoms with Gasteiger partial charge in [-0.2, -0.15) is 5.26 Å². The normalized spacial score (nSPS) is 17.7. The fraction of sp³-hybridized carbons (Fsp3) is 0.231. The van der Waals surface area contributed by atoms with E-state index in [1.54, 1.807) is 19.2 Å². The predicted molar refractivity (Wildman–Crippen MR) is 125 cm³/mol. The van der Waals surface area contributed by atoms with Crippen LogP contribution in [0.4, 0.5) is 5.69 Å². The van der Waals surface area contributed by atoms with E-state index in [-0.39, 0.29) is 17.9 Å². The molecule has 0 radical (unpaired) electrons. The summed E-state index contributed by atoms with van der Waals surface area (Å²) in [6.07, 6.45) is 2.71. The second-order valence-corrected chi connectivity index (χ2v) is 8.63. The zero-order chi connectivity index (χ0) is 21.8. The lowest BCUT2D eigenvalue weighted by molar-refractivity contribution is -0.130. The molecule has 1 heterocycles. The Kier molecular flexibility index (Phi) is 6.39. The molecule has 4 rings (SSSR count). The molecule has 3 aromatic carbocycles. The Morgan fingerprint density at radius 1 is 1.06 bits per heavy atom. The Bertz CT molecular complexity index is 1100. The van der Waals surface area contributed by atoms with Gasteiger partial charge in [0.25, 0.3) is 0 Å². The van der Waals surface area contributed by atoms with Gasteiger partial charge < -0.3 is 9.64 Å². The second-order valence-electron chi connectivity index (χ2n) is 7.71. The molecule has 0 aromatic heterocycles. The summed E-state index contributed by atoms with van der Waals surface area (Å²) in [6, 6.07) is 25.6. The number of aryl methyl sites for hydroxylation is 1. The SMILES string of the molecule is COc1ccc(C2C(CCCc3cccc(Br)c3)C(=O)N2c2ccc(C#N)cc2)cc1. The molecule has 156 valence electrons. The first-order valence-electron chi connectivity index (χ1n) is 10.3. The summed E-state index contributed by atoms with van der Waals surface area (Å²) in [4.78, 5) is 15.0. The van der Waals surface area contributed by atoms with Gasteiger partial charge in [-0.1, -0.05) is 40.2 Å². The van der Waals surface area contributed by atoms with Crippen LogP contribution >= 0.6 is 15.9 Å². The topological polar surface area (TPSA) is 53.3 Å². The van der Waals surface area contributed by atoms with E-state index in [1.165, 1.54) is 5.56 Å². The van der Waals surface area contributed by atoms with Gasteiger partial charge in [-0.15, -0.1) is 0 Å². The van der Waals surface area contributed by atoms with E-state index in [0.717, 1.165) is 40.7 Å². The molecule has 31 heavy (non-hydrogen) atoms. The molecule has 1 saturated heterocycles. The number of rotatable bonds is 7. The van der Waals surface area contributed by atoms with Crippen LogP contribution in [0.25, 0.3) is 0 Å². The Morgan fingerprint density at radius 2 is 1.81 bits per heavy atom. The van der Waals surface area contributed by atoms with Crippen molar-refractivity contribution < 1.29 is 9.53 Å². The van der Waals surface area contributed by atoms with Gasteiger partial charge >= 0.3 is 0 Å². The summed E-state index contributed by atoms with van der Waals surface area (Å²) in [5.41, 5.74) is 3.78. The lowest BCUT2D eigenvalue weighted by Crippen LogP contribution is -2.55. The number of β-lactam (4-membered cyclic amide) rings is 1. The average molecular weight is 475 g/mol. The minimum atomic E-state index is -0.0591. The first-order chi connectivity index (χ1) is 15.1. The fourth-order valence-electron chi connectivity index (χ4n) is 4.22. The van der Waals surface area contributed by atoms with Crippen LogP contribution in [0.15, 0.2) is 77.3 Å². The van der Waals surface area contributed by atoms with Crippen molar-refractivity contribution in [2.75, 3.05) is 12.0 Å². The highest BCUT2D eigenvalue weighted by atomic mass is 79.9. The number of anilines is 1. The van der Waals surface area contributed by atoms with E-state index in [1.807, 2.05) is 53.4 Å². The number of hydrogen-bond acceptors (Lipinski definition) is 3.